The second-order valence-corrected chi connectivity index (χ2v) is 6.86. The Bertz CT molecular complexity index is 220. The van der Waals surface area contributed by atoms with Crippen LogP contribution in [0.3, 0.4) is 0 Å². The molecule has 2 aliphatic rings. The van der Waals surface area contributed by atoms with Crippen LogP contribution < -0.4 is 0 Å². The van der Waals surface area contributed by atoms with Crippen LogP contribution in [0, 0.1) is 10.8 Å². The van der Waals surface area contributed by atoms with Crippen molar-refractivity contribution < 1.29 is 0 Å². The average molecular weight is 209 g/mol. The van der Waals surface area contributed by atoms with Crippen molar-refractivity contribution in [3.63, 3.8) is 0 Å². The van der Waals surface area contributed by atoms with Gasteiger partial charge in [0, 0.05) is 12.6 Å². The normalized spacial score (nSPS) is 31.6. The fourth-order valence-electron chi connectivity index (χ4n) is 3.82. The van der Waals surface area contributed by atoms with Gasteiger partial charge in [0.05, 0.1) is 0 Å². The molecular weight excluding hydrogens is 182 g/mol. The van der Waals surface area contributed by atoms with E-state index in [1.54, 1.807) is 0 Å². The van der Waals surface area contributed by atoms with Crippen LogP contribution in [0.25, 0.3) is 0 Å². The number of rotatable bonds is 1. The molecule has 0 N–H and O–H groups in total. The summed E-state index contributed by atoms with van der Waals surface area (Å²) in [5.41, 5.74) is 1.18. The van der Waals surface area contributed by atoms with Gasteiger partial charge >= 0.3 is 0 Å². The summed E-state index contributed by atoms with van der Waals surface area (Å²) in [5.74, 6) is 0. The van der Waals surface area contributed by atoms with Gasteiger partial charge in [0.15, 0.2) is 0 Å². The van der Waals surface area contributed by atoms with Crippen molar-refractivity contribution in [2.24, 2.45) is 10.8 Å². The average Bonchev–Trinajstić information content (AvgIpc) is 2.73. The van der Waals surface area contributed by atoms with Gasteiger partial charge in [-0.3, -0.25) is 4.90 Å². The molecule has 1 aliphatic heterocycles. The van der Waals surface area contributed by atoms with Crippen molar-refractivity contribution in [3.05, 3.63) is 0 Å². The molecule has 1 heterocycles. The first-order chi connectivity index (χ1) is 6.97. The highest BCUT2D eigenvalue weighted by molar-refractivity contribution is 5.01. The van der Waals surface area contributed by atoms with E-state index in [-0.39, 0.29) is 0 Å². The fourth-order valence-corrected chi connectivity index (χ4v) is 3.82. The van der Waals surface area contributed by atoms with Gasteiger partial charge in [-0.05, 0) is 36.6 Å². The minimum atomic E-state index is 0.460. The molecule has 1 unspecified atom stereocenters. The van der Waals surface area contributed by atoms with E-state index in [9.17, 15) is 0 Å². The molecule has 1 heteroatoms. The van der Waals surface area contributed by atoms with E-state index in [4.69, 9.17) is 0 Å². The maximum atomic E-state index is 2.74. The van der Waals surface area contributed by atoms with Crippen LogP contribution in [0.5, 0.6) is 0 Å². The van der Waals surface area contributed by atoms with Gasteiger partial charge in [0.25, 0.3) is 0 Å². The number of hydrogen-bond acceptors (Lipinski definition) is 1. The van der Waals surface area contributed by atoms with Crippen LogP contribution in [0.4, 0.5) is 0 Å². The Morgan fingerprint density at radius 2 is 1.80 bits per heavy atom. The minimum Gasteiger partial charge on any atom is -0.300 e. The minimum absolute atomic E-state index is 0.460. The molecule has 2 rings (SSSR count). The van der Waals surface area contributed by atoms with Gasteiger partial charge in [-0.2, -0.15) is 0 Å². The highest BCUT2D eigenvalue weighted by atomic mass is 15.2. The Hall–Kier alpha value is -0.0400. The monoisotopic (exact) mass is 209 g/mol. The molecule has 15 heavy (non-hydrogen) atoms. The molecular formula is C14H27N. The van der Waals surface area contributed by atoms with Crippen LogP contribution in [0.1, 0.15) is 59.8 Å². The fraction of sp³-hybridized carbons (Fsp3) is 1.00. The van der Waals surface area contributed by atoms with Gasteiger partial charge in [0.1, 0.15) is 0 Å². The Morgan fingerprint density at radius 1 is 1.20 bits per heavy atom. The summed E-state index contributed by atoms with van der Waals surface area (Å²) in [4.78, 5) is 2.74. The van der Waals surface area contributed by atoms with Crippen molar-refractivity contribution in [3.8, 4) is 0 Å². The molecule has 1 nitrogen and oxygen atoms in total. The van der Waals surface area contributed by atoms with Crippen LogP contribution in [0.2, 0.25) is 0 Å². The topological polar surface area (TPSA) is 3.24 Å². The summed E-state index contributed by atoms with van der Waals surface area (Å²) in [6, 6.07) is 0.820. The largest absolute Gasteiger partial charge is 0.300 e. The van der Waals surface area contributed by atoms with Crippen molar-refractivity contribution in [1.82, 2.24) is 4.90 Å². The lowest BCUT2D eigenvalue weighted by molar-refractivity contribution is 0.147. The molecule has 2 fully saturated rings. The highest BCUT2D eigenvalue weighted by Gasteiger charge is 2.47. The van der Waals surface area contributed by atoms with E-state index >= 15 is 0 Å². The van der Waals surface area contributed by atoms with E-state index in [1.807, 2.05) is 0 Å². The molecule has 1 saturated carbocycles. The molecule has 0 aromatic rings. The first-order valence-electron chi connectivity index (χ1n) is 6.71. The number of hydrogen-bond donors (Lipinski definition) is 0. The molecule has 1 aliphatic carbocycles. The van der Waals surface area contributed by atoms with E-state index in [0.29, 0.717) is 10.8 Å². The lowest BCUT2D eigenvalue weighted by Gasteiger charge is -2.34. The molecule has 0 aromatic carbocycles. The third-order valence-electron chi connectivity index (χ3n) is 4.68. The van der Waals surface area contributed by atoms with Crippen LogP contribution >= 0.6 is 0 Å². The second-order valence-electron chi connectivity index (χ2n) is 6.86. The summed E-state index contributed by atoms with van der Waals surface area (Å²) < 4.78 is 0. The Morgan fingerprint density at radius 3 is 2.20 bits per heavy atom. The van der Waals surface area contributed by atoms with E-state index in [1.165, 1.54) is 45.2 Å². The van der Waals surface area contributed by atoms with Crippen molar-refractivity contribution in [1.29, 1.82) is 0 Å². The lowest BCUT2D eigenvalue weighted by Crippen LogP contribution is -2.39. The van der Waals surface area contributed by atoms with Crippen LogP contribution in [-0.2, 0) is 0 Å². The number of nitrogens with zero attached hydrogens (tertiary/aromatic N) is 1. The third-order valence-corrected chi connectivity index (χ3v) is 4.68. The maximum absolute atomic E-state index is 2.74. The van der Waals surface area contributed by atoms with Crippen LogP contribution in [-0.4, -0.2) is 24.0 Å². The Kier molecular flexibility index (Phi) is 2.87. The molecule has 1 saturated heterocycles. The smallest absolute Gasteiger partial charge is 0.0150 e. The predicted molar refractivity (Wildman–Crippen MR) is 66.0 cm³/mol. The first-order valence-corrected chi connectivity index (χ1v) is 6.71. The standard InChI is InChI=1S/C14H27N/c1-5-15-11-14(8-6-7-9-14)10-12(15)13(2,3)4/h12H,5-11H2,1-4H3. The third kappa shape index (κ3) is 2.08. The summed E-state index contributed by atoms with van der Waals surface area (Å²) in [5, 5.41) is 0. The summed E-state index contributed by atoms with van der Waals surface area (Å²) in [6.07, 6.45) is 7.42. The SMILES string of the molecule is CCN1CC2(CCCC2)CC1C(C)(C)C. The second kappa shape index (κ2) is 3.76. The van der Waals surface area contributed by atoms with E-state index in [0.717, 1.165) is 6.04 Å². The van der Waals surface area contributed by atoms with Gasteiger partial charge in [0.2, 0.25) is 0 Å². The maximum Gasteiger partial charge on any atom is 0.0150 e. The first kappa shape index (κ1) is 11.4. The van der Waals surface area contributed by atoms with Crippen LogP contribution in [0.15, 0.2) is 0 Å². The van der Waals surface area contributed by atoms with Gasteiger partial charge in [-0.15, -0.1) is 0 Å². The highest BCUT2D eigenvalue weighted by Crippen LogP contribution is 2.50. The van der Waals surface area contributed by atoms with Crippen molar-refractivity contribution in [2.45, 2.75) is 65.8 Å². The zero-order valence-electron chi connectivity index (χ0n) is 11.0. The zero-order valence-corrected chi connectivity index (χ0v) is 11.0. The summed E-state index contributed by atoms with van der Waals surface area (Å²) in [6.45, 7) is 12.2. The molecule has 0 bridgehead atoms. The van der Waals surface area contributed by atoms with E-state index < -0.39 is 0 Å². The molecule has 0 aromatic heterocycles. The Balaban J connectivity index is 2.13. The molecule has 88 valence electrons. The molecule has 1 spiro atoms. The zero-order chi connectivity index (χ0) is 11.1. The molecule has 0 radical (unpaired) electrons. The predicted octanol–water partition coefficient (Wildman–Crippen LogP) is 3.69. The molecule has 1 atom stereocenters. The van der Waals surface area contributed by atoms with Crippen molar-refractivity contribution in [2.75, 3.05) is 13.1 Å². The summed E-state index contributed by atoms with van der Waals surface area (Å²) >= 11 is 0. The lowest BCUT2D eigenvalue weighted by atomic mass is 9.77. The quantitative estimate of drug-likeness (QED) is 0.636. The Labute approximate surface area is 95.2 Å². The number of likely N-dealkylation sites (tertiary alicyclic amines) is 1. The van der Waals surface area contributed by atoms with Gasteiger partial charge in [-0.25, -0.2) is 0 Å². The van der Waals surface area contributed by atoms with Gasteiger partial charge < -0.3 is 0 Å². The van der Waals surface area contributed by atoms with E-state index in [2.05, 4.69) is 32.6 Å². The van der Waals surface area contributed by atoms with Crippen molar-refractivity contribution >= 4 is 0 Å². The summed E-state index contributed by atoms with van der Waals surface area (Å²) in [7, 11) is 0. The van der Waals surface area contributed by atoms with Gasteiger partial charge in [-0.1, -0.05) is 40.5 Å². The molecule has 0 amide bonds.